The van der Waals surface area contributed by atoms with Gasteiger partial charge >= 0.3 is 0 Å². The highest BCUT2D eigenvalue weighted by Crippen LogP contribution is 2.32. The van der Waals surface area contributed by atoms with Crippen molar-refractivity contribution in [2.45, 2.75) is 13.0 Å². The third kappa shape index (κ3) is 3.03. The molecule has 0 saturated heterocycles. The van der Waals surface area contributed by atoms with Crippen LogP contribution in [0.4, 0.5) is 4.39 Å². The van der Waals surface area contributed by atoms with Gasteiger partial charge in [0.25, 0.3) is 0 Å². The Bertz CT molecular complexity index is 550. The average Bonchev–Trinajstić information content (AvgIpc) is 2.39. The molecule has 0 bridgehead atoms. The molecule has 0 aromatic heterocycles. The van der Waals surface area contributed by atoms with Gasteiger partial charge in [-0.1, -0.05) is 6.07 Å². The van der Waals surface area contributed by atoms with Crippen molar-refractivity contribution in [1.82, 2.24) is 0 Å². The van der Waals surface area contributed by atoms with Crippen molar-refractivity contribution in [3.63, 3.8) is 0 Å². The van der Waals surface area contributed by atoms with E-state index < -0.39 is 11.9 Å². The summed E-state index contributed by atoms with van der Waals surface area (Å²) in [6.45, 7) is 1.50. The van der Waals surface area contributed by atoms with Crippen LogP contribution in [0.1, 0.15) is 18.6 Å². The summed E-state index contributed by atoms with van der Waals surface area (Å²) >= 11 is 0. The molecule has 0 amide bonds. The fraction of sp³-hybridized carbons (Fsp3) is 0.200. The number of aliphatic hydroxyl groups excluding tert-OH is 1. The molecule has 19 heavy (non-hydrogen) atoms. The van der Waals surface area contributed by atoms with Crippen LogP contribution in [0.5, 0.6) is 17.2 Å². The number of hydrogen-bond acceptors (Lipinski definition) is 3. The second-order valence-corrected chi connectivity index (χ2v) is 4.11. The van der Waals surface area contributed by atoms with Gasteiger partial charge in [-0.25, -0.2) is 4.39 Å². The van der Waals surface area contributed by atoms with Gasteiger partial charge in [0.05, 0.1) is 18.8 Å². The zero-order valence-corrected chi connectivity index (χ0v) is 10.8. The van der Waals surface area contributed by atoms with Crippen molar-refractivity contribution >= 4 is 0 Å². The highest BCUT2D eigenvalue weighted by molar-refractivity contribution is 5.41. The molecular weight excluding hydrogens is 247 g/mol. The van der Waals surface area contributed by atoms with Gasteiger partial charge in [0.15, 0.2) is 0 Å². The number of hydrogen-bond donors (Lipinski definition) is 1. The standard InChI is InChI=1S/C15H15FO3/c1-10(17)15-13(16)4-3-5-14(15)19-12-8-6-11(18-2)7-9-12/h3-10,17H,1-2H3/t10-/m1/s1. The molecule has 0 saturated carbocycles. The van der Waals surface area contributed by atoms with Gasteiger partial charge in [0, 0.05) is 0 Å². The largest absolute Gasteiger partial charge is 0.497 e. The summed E-state index contributed by atoms with van der Waals surface area (Å²) in [5, 5.41) is 9.61. The first-order chi connectivity index (χ1) is 9.11. The molecule has 0 unspecified atom stereocenters. The summed E-state index contributed by atoms with van der Waals surface area (Å²) in [6.07, 6.45) is -0.936. The van der Waals surface area contributed by atoms with Gasteiger partial charge in [-0.05, 0) is 43.3 Å². The molecule has 2 rings (SSSR count). The summed E-state index contributed by atoms with van der Waals surface area (Å²) in [7, 11) is 1.58. The number of halogens is 1. The number of rotatable bonds is 4. The fourth-order valence-corrected chi connectivity index (χ4v) is 1.78. The van der Waals surface area contributed by atoms with E-state index in [1.807, 2.05) is 0 Å². The quantitative estimate of drug-likeness (QED) is 0.913. The Morgan fingerprint density at radius 2 is 1.68 bits per heavy atom. The Labute approximate surface area is 111 Å². The van der Waals surface area contributed by atoms with E-state index in [2.05, 4.69) is 0 Å². The molecule has 2 aromatic rings. The molecule has 2 aromatic carbocycles. The first kappa shape index (κ1) is 13.4. The zero-order valence-electron chi connectivity index (χ0n) is 10.8. The molecule has 0 fully saturated rings. The van der Waals surface area contributed by atoms with Crippen LogP contribution in [0.15, 0.2) is 42.5 Å². The van der Waals surface area contributed by atoms with Crippen LogP contribution in [0.3, 0.4) is 0 Å². The summed E-state index contributed by atoms with van der Waals surface area (Å²) in [6, 6.07) is 11.4. The second kappa shape index (κ2) is 5.71. The number of methoxy groups -OCH3 is 1. The predicted octanol–water partition coefficient (Wildman–Crippen LogP) is 3.68. The van der Waals surface area contributed by atoms with E-state index in [4.69, 9.17) is 9.47 Å². The predicted molar refractivity (Wildman–Crippen MR) is 70.1 cm³/mol. The molecule has 0 aliphatic heterocycles. The van der Waals surface area contributed by atoms with Crippen molar-refractivity contribution in [3.05, 3.63) is 53.8 Å². The van der Waals surface area contributed by atoms with Crippen molar-refractivity contribution in [2.24, 2.45) is 0 Å². The van der Waals surface area contributed by atoms with E-state index in [-0.39, 0.29) is 5.56 Å². The lowest BCUT2D eigenvalue weighted by Gasteiger charge is -2.14. The molecule has 0 spiro atoms. The van der Waals surface area contributed by atoms with Crippen molar-refractivity contribution in [2.75, 3.05) is 7.11 Å². The average molecular weight is 262 g/mol. The van der Waals surface area contributed by atoms with Gasteiger partial charge in [-0.3, -0.25) is 0 Å². The Morgan fingerprint density at radius 1 is 1.05 bits per heavy atom. The van der Waals surface area contributed by atoms with Gasteiger partial charge in [-0.2, -0.15) is 0 Å². The number of benzene rings is 2. The lowest BCUT2D eigenvalue weighted by atomic mass is 10.1. The summed E-state index contributed by atoms with van der Waals surface area (Å²) in [5.41, 5.74) is 0.151. The summed E-state index contributed by atoms with van der Waals surface area (Å²) < 4.78 is 24.3. The Morgan fingerprint density at radius 3 is 2.26 bits per heavy atom. The fourth-order valence-electron chi connectivity index (χ4n) is 1.78. The van der Waals surface area contributed by atoms with Crippen molar-refractivity contribution in [3.8, 4) is 17.2 Å². The van der Waals surface area contributed by atoms with E-state index >= 15 is 0 Å². The maximum Gasteiger partial charge on any atom is 0.136 e. The lowest BCUT2D eigenvalue weighted by Crippen LogP contribution is -1.99. The molecular formula is C15H15FO3. The first-order valence-electron chi connectivity index (χ1n) is 5.90. The van der Waals surface area contributed by atoms with Crippen LogP contribution >= 0.6 is 0 Å². The zero-order chi connectivity index (χ0) is 13.8. The maximum atomic E-state index is 13.7. The minimum atomic E-state index is -0.936. The molecule has 0 aliphatic rings. The van der Waals surface area contributed by atoms with Gasteiger partial charge in [0.1, 0.15) is 23.1 Å². The normalized spacial score (nSPS) is 12.0. The minimum Gasteiger partial charge on any atom is -0.497 e. The van der Waals surface area contributed by atoms with E-state index in [1.165, 1.54) is 13.0 Å². The van der Waals surface area contributed by atoms with E-state index in [0.29, 0.717) is 17.2 Å². The van der Waals surface area contributed by atoms with Gasteiger partial charge < -0.3 is 14.6 Å². The third-order valence-corrected chi connectivity index (χ3v) is 2.72. The topological polar surface area (TPSA) is 38.7 Å². The SMILES string of the molecule is COc1ccc(Oc2cccc(F)c2[C@@H](C)O)cc1. The third-order valence-electron chi connectivity index (χ3n) is 2.72. The molecule has 3 nitrogen and oxygen atoms in total. The number of ether oxygens (including phenoxy) is 2. The van der Waals surface area contributed by atoms with E-state index in [9.17, 15) is 9.50 Å². The molecule has 1 atom stereocenters. The van der Waals surface area contributed by atoms with Crippen LogP contribution in [0.2, 0.25) is 0 Å². The Hall–Kier alpha value is -2.07. The molecule has 4 heteroatoms. The van der Waals surface area contributed by atoms with Gasteiger partial charge in [0.2, 0.25) is 0 Å². The van der Waals surface area contributed by atoms with Gasteiger partial charge in [-0.15, -0.1) is 0 Å². The van der Waals surface area contributed by atoms with E-state index in [0.717, 1.165) is 0 Å². The van der Waals surface area contributed by atoms with Crippen molar-refractivity contribution in [1.29, 1.82) is 0 Å². The monoisotopic (exact) mass is 262 g/mol. The van der Waals surface area contributed by atoms with Crippen LogP contribution in [-0.4, -0.2) is 12.2 Å². The second-order valence-electron chi connectivity index (χ2n) is 4.11. The highest BCUT2D eigenvalue weighted by atomic mass is 19.1. The molecule has 1 N–H and O–H groups in total. The number of aliphatic hydroxyl groups is 1. The molecule has 0 heterocycles. The van der Waals surface area contributed by atoms with Crippen molar-refractivity contribution < 1.29 is 19.0 Å². The molecule has 0 radical (unpaired) electrons. The Balaban J connectivity index is 2.29. The summed E-state index contributed by atoms with van der Waals surface area (Å²) in [4.78, 5) is 0. The maximum absolute atomic E-state index is 13.7. The first-order valence-corrected chi connectivity index (χ1v) is 5.90. The van der Waals surface area contributed by atoms with Crippen LogP contribution in [0.25, 0.3) is 0 Å². The molecule has 100 valence electrons. The smallest absolute Gasteiger partial charge is 0.136 e. The van der Waals surface area contributed by atoms with E-state index in [1.54, 1.807) is 43.5 Å². The van der Waals surface area contributed by atoms with Crippen LogP contribution in [0, 0.1) is 5.82 Å². The molecule has 0 aliphatic carbocycles. The van der Waals surface area contributed by atoms with Crippen LogP contribution < -0.4 is 9.47 Å². The lowest BCUT2D eigenvalue weighted by molar-refractivity contribution is 0.190. The Kier molecular flexibility index (Phi) is 4.02. The minimum absolute atomic E-state index is 0.151. The van der Waals surface area contributed by atoms with Crippen LogP contribution in [-0.2, 0) is 0 Å². The highest BCUT2D eigenvalue weighted by Gasteiger charge is 2.15. The summed E-state index contributed by atoms with van der Waals surface area (Å²) in [5.74, 6) is 1.08.